The molecule has 0 bridgehead atoms. The number of aliphatic carboxylic acids is 1. The number of carboxylic acid groups (broad SMARTS) is 1. The Balaban J connectivity index is 1.99. The number of hydrogen-bond acceptors (Lipinski definition) is 8. The number of carboxylic acids is 1. The van der Waals surface area contributed by atoms with E-state index >= 15 is 0 Å². The Morgan fingerprint density at radius 1 is 1.00 bits per heavy atom. The summed E-state index contributed by atoms with van der Waals surface area (Å²) in [6, 6.07) is 6.71. The van der Waals surface area contributed by atoms with E-state index in [4.69, 9.17) is 23.7 Å². The van der Waals surface area contributed by atoms with Gasteiger partial charge in [-0.05, 0) is 41.0 Å². The molecule has 4 atom stereocenters. The van der Waals surface area contributed by atoms with Gasteiger partial charge in [-0.2, -0.15) is 0 Å². The number of aliphatic hydroxyl groups excluding tert-OH is 2. The Hall–Kier alpha value is -3.17. The highest BCUT2D eigenvalue weighted by Crippen LogP contribution is 2.53. The van der Waals surface area contributed by atoms with Crippen LogP contribution in [0.25, 0.3) is 0 Å². The van der Waals surface area contributed by atoms with Crippen molar-refractivity contribution in [1.29, 1.82) is 0 Å². The van der Waals surface area contributed by atoms with Crippen LogP contribution in [0, 0.1) is 11.8 Å². The van der Waals surface area contributed by atoms with Crippen molar-refractivity contribution in [3.05, 3.63) is 41.0 Å². The minimum Gasteiger partial charge on any atom is -0.493 e. The van der Waals surface area contributed by atoms with E-state index in [1.54, 1.807) is 24.3 Å². The topological polar surface area (TPSA) is 124 Å². The zero-order chi connectivity index (χ0) is 22.3. The Labute approximate surface area is 178 Å². The van der Waals surface area contributed by atoms with E-state index in [-0.39, 0.29) is 6.79 Å². The number of aliphatic hydroxyl groups is 2. The van der Waals surface area contributed by atoms with Crippen LogP contribution >= 0.6 is 0 Å². The normalized spacial score (nSPS) is 23.8. The molecular formula is C22H24O9. The molecule has 1 heterocycles. The lowest BCUT2D eigenvalue weighted by atomic mass is 9.65. The first-order valence-electron chi connectivity index (χ1n) is 9.70. The summed E-state index contributed by atoms with van der Waals surface area (Å²) in [7, 11) is 4.43. The average Bonchev–Trinajstić information content (AvgIpc) is 3.24. The molecule has 0 spiro atoms. The molecule has 9 heteroatoms. The summed E-state index contributed by atoms with van der Waals surface area (Å²) in [5, 5.41) is 31.0. The Morgan fingerprint density at radius 2 is 1.58 bits per heavy atom. The molecule has 2 aromatic carbocycles. The highest BCUT2D eigenvalue weighted by atomic mass is 16.7. The smallest absolute Gasteiger partial charge is 0.307 e. The van der Waals surface area contributed by atoms with Crippen LogP contribution in [0.15, 0.2) is 24.3 Å². The third-order valence-electron chi connectivity index (χ3n) is 6.00. The van der Waals surface area contributed by atoms with Crippen LogP contribution in [0.5, 0.6) is 28.7 Å². The maximum atomic E-state index is 12.4. The lowest BCUT2D eigenvalue weighted by molar-refractivity contribution is -0.148. The molecule has 4 rings (SSSR count). The second-order valence-electron chi connectivity index (χ2n) is 7.43. The molecule has 1 aliphatic heterocycles. The molecule has 9 nitrogen and oxygen atoms in total. The highest BCUT2D eigenvalue weighted by molar-refractivity contribution is 5.75. The summed E-state index contributed by atoms with van der Waals surface area (Å²) in [6.07, 6.45) is -1.19. The van der Waals surface area contributed by atoms with Gasteiger partial charge in [-0.15, -0.1) is 0 Å². The van der Waals surface area contributed by atoms with Gasteiger partial charge in [-0.1, -0.05) is 0 Å². The lowest BCUT2D eigenvalue weighted by Gasteiger charge is -2.40. The number of fused-ring (bicyclic) bond motifs is 2. The van der Waals surface area contributed by atoms with Crippen LogP contribution in [-0.4, -0.2) is 56.0 Å². The number of carbonyl (C=O) groups is 1. The lowest BCUT2D eigenvalue weighted by Crippen LogP contribution is -2.40. The summed E-state index contributed by atoms with van der Waals surface area (Å²) in [4.78, 5) is 12.4. The summed E-state index contributed by atoms with van der Waals surface area (Å²) >= 11 is 0. The van der Waals surface area contributed by atoms with Gasteiger partial charge in [0.15, 0.2) is 23.0 Å². The third-order valence-corrected chi connectivity index (χ3v) is 6.00. The van der Waals surface area contributed by atoms with Gasteiger partial charge in [0.05, 0.1) is 33.4 Å². The molecule has 1 aliphatic carbocycles. The minimum atomic E-state index is -1.19. The largest absolute Gasteiger partial charge is 0.493 e. The standard InChI is InChI=1S/C22H24O9/c1-27-16-4-10(5-17(28-2)21(16)29-3)18-11-6-14-15(31-9-30-14)7-12(11)20(24)13(8-23)19(18)22(25)26/h4-7,13,18-20,23-24H,8-9H2,1-3H3,(H,25,26)/t13-,18+,19+,20-/m1/s1. The molecule has 31 heavy (non-hydrogen) atoms. The van der Waals surface area contributed by atoms with E-state index < -0.39 is 36.4 Å². The molecule has 0 unspecified atom stereocenters. The minimum absolute atomic E-state index is 0.0367. The van der Waals surface area contributed by atoms with Gasteiger partial charge in [0, 0.05) is 18.4 Å². The Kier molecular flexibility index (Phi) is 5.55. The van der Waals surface area contributed by atoms with E-state index in [9.17, 15) is 20.1 Å². The molecule has 2 aliphatic rings. The first-order valence-corrected chi connectivity index (χ1v) is 9.70. The van der Waals surface area contributed by atoms with Gasteiger partial charge < -0.3 is 39.0 Å². The summed E-state index contributed by atoms with van der Waals surface area (Å²) < 4.78 is 27.2. The van der Waals surface area contributed by atoms with Gasteiger partial charge in [0.25, 0.3) is 0 Å². The van der Waals surface area contributed by atoms with Crippen LogP contribution < -0.4 is 23.7 Å². The van der Waals surface area contributed by atoms with Crippen LogP contribution in [0.3, 0.4) is 0 Å². The van der Waals surface area contributed by atoms with Gasteiger partial charge in [-0.25, -0.2) is 0 Å². The fraction of sp³-hybridized carbons (Fsp3) is 0.409. The summed E-state index contributed by atoms with van der Waals surface area (Å²) in [5.41, 5.74) is 1.63. The van der Waals surface area contributed by atoms with Crippen molar-refractivity contribution in [3.8, 4) is 28.7 Å². The monoisotopic (exact) mass is 432 g/mol. The first-order chi connectivity index (χ1) is 14.9. The van der Waals surface area contributed by atoms with E-state index in [0.717, 1.165) is 0 Å². The van der Waals surface area contributed by atoms with Crippen LogP contribution in [0.2, 0.25) is 0 Å². The first kappa shape index (κ1) is 21.1. The van der Waals surface area contributed by atoms with Crippen molar-refractivity contribution >= 4 is 5.97 Å². The molecule has 0 radical (unpaired) electrons. The summed E-state index contributed by atoms with van der Waals surface area (Å²) in [5.74, 6) is -1.87. The molecule has 0 amide bonds. The average molecular weight is 432 g/mol. The zero-order valence-corrected chi connectivity index (χ0v) is 17.3. The van der Waals surface area contributed by atoms with E-state index in [0.29, 0.717) is 45.4 Å². The highest BCUT2D eigenvalue weighted by Gasteiger charge is 2.47. The predicted octanol–water partition coefficient (Wildman–Crippen LogP) is 1.93. The Morgan fingerprint density at radius 3 is 2.06 bits per heavy atom. The van der Waals surface area contributed by atoms with Gasteiger partial charge in [-0.3, -0.25) is 4.79 Å². The molecule has 166 valence electrons. The van der Waals surface area contributed by atoms with Crippen LogP contribution in [0.1, 0.15) is 28.7 Å². The predicted molar refractivity (Wildman–Crippen MR) is 107 cm³/mol. The molecule has 0 saturated heterocycles. The van der Waals surface area contributed by atoms with Crippen LogP contribution in [-0.2, 0) is 4.79 Å². The number of rotatable bonds is 6. The zero-order valence-electron chi connectivity index (χ0n) is 17.3. The van der Waals surface area contributed by atoms with Gasteiger partial charge in [0.2, 0.25) is 12.5 Å². The number of methoxy groups -OCH3 is 3. The molecule has 0 aromatic heterocycles. The van der Waals surface area contributed by atoms with E-state index in [1.165, 1.54) is 21.3 Å². The van der Waals surface area contributed by atoms with E-state index in [2.05, 4.69) is 0 Å². The Bertz CT molecular complexity index is 978. The van der Waals surface area contributed by atoms with Crippen molar-refractivity contribution in [1.82, 2.24) is 0 Å². The maximum Gasteiger partial charge on any atom is 0.307 e. The van der Waals surface area contributed by atoms with Gasteiger partial charge >= 0.3 is 5.97 Å². The van der Waals surface area contributed by atoms with Crippen molar-refractivity contribution in [2.45, 2.75) is 12.0 Å². The molecule has 0 saturated carbocycles. The number of ether oxygens (including phenoxy) is 5. The summed E-state index contributed by atoms with van der Waals surface area (Å²) in [6.45, 7) is -0.470. The van der Waals surface area contributed by atoms with Crippen LogP contribution in [0.4, 0.5) is 0 Å². The van der Waals surface area contributed by atoms with Crippen molar-refractivity contribution < 1.29 is 43.8 Å². The second kappa shape index (κ2) is 8.16. The number of benzene rings is 2. The SMILES string of the molecule is COc1cc([C@H]2c3cc4c(cc3[C@@H](O)[C@H](CO)[C@@H]2C(=O)O)OCO4)cc(OC)c1OC. The quantitative estimate of drug-likeness (QED) is 0.628. The molecule has 0 fully saturated rings. The molecule has 3 N–H and O–H groups in total. The second-order valence-corrected chi connectivity index (χ2v) is 7.43. The molecular weight excluding hydrogens is 408 g/mol. The van der Waals surface area contributed by atoms with Crippen molar-refractivity contribution in [2.75, 3.05) is 34.7 Å². The fourth-order valence-corrected chi connectivity index (χ4v) is 4.57. The van der Waals surface area contributed by atoms with Crippen molar-refractivity contribution in [2.24, 2.45) is 11.8 Å². The number of hydrogen-bond donors (Lipinski definition) is 3. The maximum absolute atomic E-state index is 12.4. The fourth-order valence-electron chi connectivity index (χ4n) is 4.57. The van der Waals surface area contributed by atoms with Gasteiger partial charge in [0.1, 0.15) is 0 Å². The van der Waals surface area contributed by atoms with E-state index in [1.807, 2.05) is 0 Å². The third kappa shape index (κ3) is 3.30. The van der Waals surface area contributed by atoms with Crippen molar-refractivity contribution in [3.63, 3.8) is 0 Å². The molecule has 2 aromatic rings.